The number of aryl methyl sites for hydroxylation is 1. The van der Waals surface area contributed by atoms with Crippen LogP contribution in [0.3, 0.4) is 0 Å². The van der Waals surface area contributed by atoms with Crippen LogP contribution >= 0.6 is 12.2 Å². The van der Waals surface area contributed by atoms with Crippen LogP contribution in [0, 0.1) is 0 Å². The number of rotatable bonds is 6. The Kier molecular flexibility index (Phi) is 5.05. The number of carbonyl (C=O) groups is 1. The lowest BCUT2D eigenvalue weighted by Crippen LogP contribution is -2.27. The summed E-state index contributed by atoms with van der Waals surface area (Å²) in [6, 6.07) is 7.41. The van der Waals surface area contributed by atoms with E-state index >= 15 is 0 Å². The van der Waals surface area contributed by atoms with Gasteiger partial charge in [-0.05, 0) is 17.5 Å². The zero-order valence-corrected chi connectivity index (χ0v) is 12.7. The standard InChI is InChI=1S/C15H18N4OS/c1-19-10-12(9-18-19)6-7-17-14(20)8-11-2-4-13(5-3-11)15(16)21/h2-5,9-10H,6-8H2,1H3,(H2,16,21)(H,17,20). The second-order valence-corrected chi connectivity index (χ2v) is 5.30. The van der Waals surface area contributed by atoms with Crippen LogP contribution < -0.4 is 11.1 Å². The predicted molar refractivity (Wildman–Crippen MR) is 86.0 cm³/mol. The van der Waals surface area contributed by atoms with E-state index in [1.165, 1.54) is 0 Å². The van der Waals surface area contributed by atoms with Crippen molar-refractivity contribution in [1.82, 2.24) is 15.1 Å². The van der Waals surface area contributed by atoms with Crippen molar-refractivity contribution >= 4 is 23.1 Å². The summed E-state index contributed by atoms with van der Waals surface area (Å²) in [6.45, 7) is 0.607. The Morgan fingerprint density at radius 2 is 2.05 bits per heavy atom. The Hall–Kier alpha value is -2.21. The topological polar surface area (TPSA) is 72.9 Å². The Balaban J connectivity index is 1.77. The molecule has 0 saturated carbocycles. The molecule has 0 radical (unpaired) electrons. The van der Waals surface area contributed by atoms with Crippen molar-refractivity contribution in [3.63, 3.8) is 0 Å². The molecule has 0 saturated heterocycles. The van der Waals surface area contributed by atoms with E-state index in [-0.39, 0.29) is 5.91 Å². The van der Waals surface area contributed by atoms with Crippen LogP contribution in [-0.4, -0.2) is 27.2 Å². The maximum Gasteiger partial charge on any atom is 0.224 e. The van der Waals surface area contributed by atoms with Gasteiger partial charge >= 0.3 is 0 Å². The Labute approximate surface area is 129 Å². The zero-order valence-electron chi connectivity index (χ0n) is 11.9. The summed E-state index contributed by atoms with van der Waals surface area (Å²) in [5.74, 6) is 0.00182. The van der Waals surface area contributed by atoms with Gasteiger partial charge in [0.15, 0.2) is 0 Å². The number of benzene rings is 1. The molecule has 0 fully saturated rings. The highest BCUT2D eigenvalue weighted by Crippen LogP contribution is 2.05. The molecule has 1 aromatic carbocycles. The van der Waals surface area contributed by atoms with E-state index in [9.17, 15) is 4.79 Å². The van der Waals surface area contributed by atoms with Crippen molar-refractivity contribution < 1.29 is 4.79 Å². The minimum Gasteiger partial charge on any atom is -0.389 e. The van der Waals surface area contributed by atoms with E-state index in [0.717, 1.165) is 23.1 Å². The number of hydrogen-bond acceptors (Lipinski definition) is 3. The quantitative estimate of drug-likeness (QED) is 0.780. The number of amides is 1. The van der Waals surface area contributed by atoms with Crippen molar-refractivity contribution in [3.8, 4) is 0 Å². The lowest BCUT2D eigenvalue weighted by molar-refractivity contribution is -0.120. The zero-order chi connectivity index (χ0) is 15.2. The largest absolute Gasteiger partial charge is 0.389 e. The normalized spacial score (nSPS) is 10.3. The predicted octanol–water partition coefficient (Wildman–Crippen LogP) is 0.956. The summed E-state index contributed by atoms with van der Waals surface area (Å²) in [5, 5.41) is 6.99. The third-order valence-electron chi connectivity index (χ3n) is 3.10. The summed E-state index contributed by atoms with van der Waals surface area (Å²) in [4.78, 5) is 12.2. The van der Waals surface area contributed by atoms with E-state index < -0.39 is 0 Å². The van der Waals surface area contributed by atoms with Crippen molar-refractivity contribution in [2.75, 3.05) is 6.54 Å². The highest BCUT2D eigenvalue weighted by molar-refractivity contribution is 7.80. The van der Waals surface area contributed by atoms with E-state index in [4.69, 9.17) is 18.0 Å². The average molecular weight is 302 g/mol. The van der Waals surface area contributed by atoms with Crippen LogP contribution in [0.4, 0.5) is 0 Å². The van der Waals surface area contributed by atoms with Crippen LogP contribution in [0.2, 0.25) is 0 Å². The van der Waals surface area contributed by atoms with Crippen LogP contribution in [0.1, 0.15) is 16.7 Å². The molecule has 0 aliphatic carbocycles. The van der Waals surface area contributed by atoms with Crippen molar-refractivity contribution in [3.05, 3.63) is 53.3 Å². The fraction of sp³-hybridized carbons (Fsp3) is 0.267. The van der Waals surface area contributed by atoms with Crippen molar-refractivity contribution in [2.45, 2.75) is 12.8 Å². The minimum absolute atomic E-state index is 0.00182. The SMILES string of the molecule is Cn1cc(CCNC(=O)Cc2ccc(C(N)=S)cc2)cn1. The fourth-order valence-electron chi connectivity index (χ4n) is 1.98. The summed E-state index contributed by atoms with van der Waals surface area (Å²) in [6.07, 6.45) is 4.88. The number of nitrogens with zero attached hydrogens (tertiary/aromatic N) is 2. The van der Waals surface area contributed by atoms with Crippen LogP contribution in [0.15, 0.2) is 36.7 Å². The number of thiocarbonyl (C=S) groups is 1. The first-order valence-electron chi connectivity index (χ1n) is 6.67. The Morgan fingerprint density at radius 1 is 1.33 bits per heavy atom. The minimum atomic E-state index is 0.00182. The molecule has 5 nitrogen and oxygen atoms in total. The molecule has 2 rings (SSSR count). The third-order valence-corrected chi connectivity index (χ3v) is 3.33. The molecule has 6 heteroatoms. The second-order valence-electron chi connectivity index (χ2n) is 4.86. The smallest absolute Gasteiger partial charge is 0.224 e. The van der Waals surface area contributed by atoms with Gasteiger partial charge in [-0.2, -0.15) is 5.10 Å². The van der Waals surface area contributed by atoms with Gasteiger partial charge in [0.2, 0.25) is 5.91 Å². The van der Waals surface area contributed by atoms with Gasteiger partial charge < -0.3 is 11.1 Å². The molecule has 0 aliphatic heterocycles. The second kappa shape index (κ2) is 6.99. The number of hydrogen-bond donors (Lipinski definition) is 2. The number of nitrogens with one attached hydrogen (secondary N) is 1. The first-order valence-corrected chi connectivity index (χ1v) is 7.08. The number of aromatic nitrogens is 2. The molecule has 2 aromatic rings. The van der Waals surface area contributed by atoms with Gasteiger partial charge in [0.1, 0.15) is 4.99 Å². The van der Waals surface area contributed by atoms with E-state index in [1.807, 2.05) is 37.5 Å². The maximum atomic E-state index is 11.8. The fourth-order valence-corrected chi connectivity index (χ4v) is 2.12. The molecule has 0 bridgehead atoms. The van der Waals surface area contributed by atoms with Gasteiger partial charge in [0.25, 0.3) is 0 Å². The van der Waals surface area contributed by atoms with E-state index in [1.54, 1.807) is 10.9 Å². The lowest BCUT2D eigenvalue weighted by Gasteiger charge is -2.05. The summed E-state index contributed by atoms with van der Waals surface area (Å²) in [5.41, 5.74) is 8.39. The van der Waals surface area contributed by atoms with Crippen molar-refractivity contribution in [1.29, 1.82) is 0 Å². The molecule has 0 atom stereocenters. The monoisotopic (exact) mass is 302 g/mol. The highest BCUT2D eigenvalue weighted by atomic mass is 32.1. The molecule has 21 heavy (non-hydrogen) atoms. The first-order chi connectivity index (χ1) is 10.0. The summed E-state index contributed by atoms with van der Waals surface area (Å²) in [7, 11) is 1.87. The van der Waals surface area contributed by atoms with Gasteiger partial charge in [0, 0.05) is 25.4 Å². The maximum absolute atomic E-state index is 11.8. The lowest BCUT2D eigenvalue weighted by atomic mass is 10.1. The molecule has 1 heterocycles. The molecular weight excluding hydrogens is 284 g/mol. The van der Waals surface area contributed by atoms with Gasteiger partial charge in [-0.15, -0.1) is 0 Å². The first kappa shape index (κ1) is 15.2. The molecule has 1 aromatic heterocycles. The molecule has 3 N–H and O–H groups in total. The van der Waals surface area contributed by atoms with Gasteiger partial charge in [0.05, 0.1) is 12.6 Å². The summed E-state index contributed by atoms with van der Waals surface area (Å²) >= 11 is 4.89. The summed E-state index contributed by atoms with van der Waals surface area (Å²) < 4.78 is 1.75. The van der Waals surface area contributed by atoms with Crippen molar-refractivity contribution in [2.24, 2.45) is 12.8 Å². The molecule has 0 unspecified atom stereocenters. The Morgan fingerprint density at radius 3 is 2.62 bits per heavy atom. The molecule has 0 aliphatic rings. The van der Waals surface area contributed by atoms with Crippen LogP contribution in [-0.2, 0) is 24.7 Å². The highest BCUT2D eigenvalue weighted by Gasteiger charge is 2.04. The molecule has 0 spiro atoms. The number of carbonyl (C=O) groups excluding carboxylic acids is 1. The van der Waals surface area contributed by atoms with Crippen LogP contribution in [0.25, 0.3) is 0 Å². The molecular formula is C15H18N4OS. The Bertz CT molecular complexity index is 633. The van der Waals surface area contributed by atoms with Gasteiger partial charge in [-0.3, -0.25) is 9.48 Å². The van der Waals surface area contributed by atoms with Crippen LogP contribution in [0.5, 0.6) is 0 Å². The van der Waals surface area contributed by atoms with E-state index in [2.05, 4.69) is 10.4 Å². The van der Waals surface area contributed by atoms with Gasteiger partial charge in [-0.1, -0.05) is 36.5 Å². The third kappa shape index (κ3) is 4.68. The molecule has 110 valence electrons. The molecule has 1 amide bonds. The van der Waals surface area contributed by atoms with Gasteiger partial charge in [-0.25, -0.2) is 0 Å². The average Bonchev–Trinajstić information content (AvgIpc) is 2.85. The number of nitrogens with two attached hydrogens (primary N) is 1. The van der Waals surface area contributed by atoms with E-state index in [0.29, 0.717) is 18.0 Å².